The van der Waals surface area contributed by atoms with Crippen LogP contribution in [0.3, 0.4) is 0 Å². The quantitative estimate of drug-likeness (QED) is 0.820. The third-order valence-electron chi connectivity index (χ3n) is 3.29. The van der Waals surface area contributed by atoms with Crippen molar-refractivity contribution in [2.24, 2.45) is 0 Å². The third-order valence-corrected chi connectivity index (χ3v) is 3.49. The summed E-state index contributed by atoms with van der Waals surface area (Å²) >= 11 is 5.67. The summed E-state index contributed by atoms with van der Waals surface area (Å²) in [6.07, 6.45) is 5.03. The first-order valence-electron chi connectivity index (χ1n) is 6.53. The fourth-order valence-electron chi connectivity index (χ4n) is 2.19. The fourth-order valence-corrected chi connectivity index (χ4v) is 2.29. The molecule has 0 aliphatic carbocycles. The zero-order chi connectivity index (χ0) is 14.7. The number of piperazine rings is 1. The molecule has 1 saturated heterocycles. The summed E-state index contributed by atoms with van der Waals surface area (Å²) in [6, 6.07) is 3.16. The molecule has 1 aliphatic heterocycles. The highest BCUT2D eigenvalue weighted by molar-refractivity contribution is 6.29. The average molecular weight is 305 g/mol. The van der Waals surface area contributed by atoms with Gasteiger partial charge in [-0.2, -0.15) is 0 Å². The Balaban J connectivity index is 1.63. The molecule has 2 aromatic heterocycles. The van der Waals surface area contributed by atoms with E-state index in [0.717, 1.165) is 5.82 Å². The molecule has 0 saturated carbocycles. The minimum Gasteiger partial charge on any atom is -0.352 e. The molecule has 1 fully saturated rings. The van der Waals surface area contributed by atoms with Crippen molar-refractivity contribution >= 4 is 23.3 Å². The number of carbonyl (C=O) groups excluding carboxylic acids is 1. The van der Waals surface area contributed by atoms with Gasteiger partial charge in [0.25, 0.3) is 5.91 Å². The van der Waals surface area contributed by atoms with Crippen LogP contribution in [0.25, 0.3) is 0 Å². The van der Waals surface area contributed by atoms with Crippen LogP contribution in [-0.2, 0) is 0 Å². The Morgan fingerprint density at radius 1 is 1.10 bits per heavy atom. The molecule has 0 atom stereocenters. The molecule has 0 unspecified atom stereocenters. The van der Waals surface area contributed by atoms with Gasteiger partial charge in [-0.3, -0.25) is 9.78 Å². The van der Waals surface area contributed by atoms with E-state index in [1.807, 2.05) is 0 Å². The van der Waals surface area contributed by atoms with E-state index in [0.29, 0.717) is 31.9 Å². The van der Waals surface area contributed by atoms with Gasteiger partial charge in [-0.25, -0.2) is 4.98 Å². The number of nitrogens with zero attached hydrogens (tertiary/aromatic N) is 6. The Morgan fingerprint density at radius 2 is 1.90 bits per heavy atom. The summed E-state index contributed by atoms with van der Waals surface area (Å²) in [4.78, 5) is 24.5. The first kappa shape index (κ1) is 13.7. The Hall–Kier alpha value is -2.28. The molecule has 1 aliphatic rings. The summed E-state index contributed by atoms with van der Waals surface area (Å²) in [5.41, 5.74) is 0.312. The summed E-state index contributed by atoms with van der Waals surface area (Å²) in [5, 5.41) is 7.80. The topological polar surface area (TPSA) is 75.1 Å². The van der Waals surface area contributed by atoms with E-state index in [1.54, 1.807) is 35.6 Å². The van der Waals surface area contributed by atoms with Crippen LogP contribution in [0.15, 0.2) is 30.7 Å². The van der Waals surface area contributed by atoms with Crippen molar-refractivity contribution in [2.45, 2.75) is 0 Å². The average Bonchev–Trinajstić information content (AvgIpc) is 2.56. The second kappa shape index (κ2) is 6.01. The van der Waals surface area contributed by atoms with E-state index in [4.69, 9.17) is 11.6 Å². The molecule has 21 heavy (non-hydrogen) atoms. The molecule has 0 radical (unpaired) electrons. The number of rotatable bonds is 2. The highest BCUT2D eigenvalue weighted by atomic mass is 35.5. The van der Waals surface area contributed by atoms with E-state index < -0.39 is 0 Å². The fraction of sp³-hybridized carbons (Fsp3) is 0.308. The molecule has 0 bridgehead atoms. The predicted octanol–water partition coefficient (Wildman–Crippen LogP) is 0.882. The number of amides is 1. The van der Waals surface area contributed by atoms with Crippen molar-refractivity contribution in [3.63, 3.8) is 0 Å². The SMILES string of the molecule is O=C(c1ccc(Cl)nn1)N1CCN(c2cnccn2)CC1. The standard InChI is InChI=1S/C13H13ClN6O/c14-11-2-1-10(17-18-11)13(21)20-7-5-19(6-8-20)12-9-15-3-4-16-12/h1-4,9H,5-8H2. The molecule has 108 valence electrons. The molecule has 1 amide bonds. The second-order valence-electron chi connectivity index (χ2n) is 4.58. The van der Waals surface area contributed by atoms with Gasteiger partial charge < -0.3 is 9.80 Å². The highest BCUT2D eigenvalue weighted by Crippen LogP contribution is 2.13. The Morgan fingerprint density at radius 3 is 2.52 bits per heavy atom. The Labute approximate surface area is 126 Å². The number of aromatic nitrogens is 4. The lowest BCUT2D eigenvalue weighted by Crippen LogP contribution is -2.49. The third kappa shape index (κ3) is 3.08. The first-order valence-corrected chi connectivity index (χ1v) is 6.91. The molecule has 8 heteroatoms. The molecule has 0 aromatic carbocycles. The smallest absolute Gasteiger partial charge is 0.274 e. The summed E-state index contributed by atoms with van der Waals surface area (Å²) < 4.78 is 0. The van der Waals surface area contributed by atoms with Crippen LogP contribution in [0, 0.1) is 0 Å². The molecular formula is C13H13ClN6O. The van der Waals surface area contributed by atoms with Gasteiger partial charge in [0.2, 0.25) is 0 Å². The van der Waals surface area contributed by atoms with Gasteiger partial charge in [0.05, 0.1) is 6.20 Å². The maximum atomic E-state index is 12.3. The molecule has 3 rings (SSSR count). The van der Waals surface area contributed by atoms with Gasteiger partial charge in [0.1, 0.15) is 5.82 Å². The Bertz CT molecular complexity index is 612. The maximum Gasteiger partial charge on any atom is 0.274 e. The van der Waals surface area contributed by atoms with Gasteiger partial charge in [0, 0.05) is 38.6 Å². The van der Waals surface area contributed by atoms with Gasteiger partial charge in [-0.1, -0.05) is 11.6 Å². The lowest BCUT2D eigenvalue weighted by Gasteiger charge is -2.34. The monoisotopic (exact) mass is 304 g/mol. The lowest BCUT2D eigenvalue weighted by atomic mass is 10.2. The molecule has 7 nitrogen and oxygen atoms in total. The molecule has 0 N–H and O–H groups in total. The first-order chi connectivity index (χ1) is 10.2. The molecule has 0 spiro atoms. The predicted molar refractivity (Wildman–Crippen MR) is 77.2 cm³/mol. The normalized spacial score (nSPS) is 15.1. The number of hydrogen-bond donors (Lipinski definition) is 0. The summed E-state index contributed by atoms with van der Waals surface area (Å²) in [6.45, 7) is 2.65. The van der Waals surface area contributed by atoms with Crippen LogP contribution in [0.5, 0.6) is 0 Å². The van der Waals surface area contributed by atoms with Gasteiger partial charge in [-0.15, -0.1) is 10.2 Å². The minimum atomic E-state index is -0.127. The van der Waals surface area contributed by atoms with Crippen molar-refractivity contribution in [1.29, 1.82) is 0 Å². The van der Waals surface area contributed by atoms with E-state index in [-0.39, 0.29) is 11.1 Å². The van der Waals surface area contributed by atoms with Crippen molar-refractivity contribution in [1.82, 2.24) is 25.1 Å². The number of halogens is 1. The van der Waals surface area contributed by atoms with Crippen LogP contribution in [0.4, 0.5) is 5.82 Å². The van der Waals surface area contributed by atoms with E-state index in [2.05, 4.69) is 25.1 Å². The zero-order valence-corrected chi connectivity index (χ0v) is 11.9. The largest absolute Gasteiger partial charge is 0.352 e. The van der Waals surface area contributed by atoms with Crippen LogP contribution < -0.4 is 4.90 Å². The van der Waals surface area contributed by atoms with Crippen molar-refractivity contribution < 1.29 is 4.79 Å². The summed E-state index contributed by atoms with van der Waals surface area (Å²) in [5.74, 6) is 0.703. The van der Waals surface area contributed by atoms with Crippen LogP contribution >= 0.6 is 11.6 Å². The van der Waals surface area contributed by atoms with Gasteiger partial charge in [-0.05, 0) is 12.1 Å². The zero-order valence-electron chi connectivity index (χ0n) is 11.2. The number of carbonyl (C=O) groups is 1. The number of anilines is 1. The highest BCUT2D eigenvalue weighted by Gasteiger charge is 2.23. The van der Waals surface area contributed by atoms with E-state index in [1.165, 1.54) is 0 Å². The number of hydrogen-bond acceptors (Lipinski definition) is 6. The van der Waals surface area contributed by atoms with Gasteiger partial charge >= 0.3 is 0 Å². The van der Waals surface area contributed by atoms with Crippen molar-refractivity contribution in [3.8, 4) is 0 Å². The molecule has 2 aromatic rings. The van der Waals surface area contributed by atoms with E-state index >= 15 is 0 Å². The van der Waals surface area contributed by atoms with E-state index in [9.17, 15) is 4.79 Å². The molecular weight excluding hydrogens is 292 g/mol. The Kier molecular flexibility index (Phi) is 3.92. The molecule has 3 heterocycles. The minimum absolute atomic E-state index is 0.127. The van der Waals surface area contributed by atoms with Crippen molar-refractivity contribution in [2.75, 3.05) is 31.1 Å². The maximum absolute atomic E-state index is 12.3. The lowest BCUT2D eigenvalue weighted by molar-refractivity contribution is 0.0739. The van der Waals surface area contributed by atoms with Crippen LogP contribution in [0.1, 0.15) is 10.5 Å². The van der Waals surface area contributed by atoms with Gasteiger partial charge in [0.15, 0.2) is 10.8 Å². The summed E-state index contributed by atoms with van der Waals surface area (Å²) in [7, 11) is 0. The van der Waals surface area contributed by atoms with Crippen molar-refractivity contribution in [3.05, 3.63) is 41.6 Å². The second-order valence-corrected chi connectivity index (χ2v) is 4.97. The van der Waals surface area contributed by atoms with Crippen LogP contribution in [0.2, 0.25) is 5.15 Å². The van der Waals surface area contributed by atoms with Crippen LogP contribution in [-0.4, -0.2) is 57.2 Å².